The van der Waals surface area contributed by atoms with Gasteiger partial charge in [0, 0.05) is 6.20 Å². The van der Waals surface area contributed by atoms with Crippen LogP contribution in [0.5, 0.6) is 0 Å². The topological polar surface area (TPSA) is 73.7 Å². The molecule has 1 aliphatic rings. The van der Waals surface area contributed by atoms with Crippen molar-refractivity contribution >= 4 is 11.6 Å². The summed E-state index contributed by atoms with van der Waals surface area (Å²) in [6.45, 7) is 1.47. The van der Waals surface area contributed by atoms with E-state index in [1.807, 2.05) is 0 Å². The normalized spacial score (nSPS) is 22.6. The lowest BCUT2D eigenvalue weighted by molar-refractivity contribution is -0.123. The van der Waals surface area contributed by atoms with Crippen LogP contribution in [0, 0.1) is 5.92 Å². The minimum atomic E-state index is -0.618. The zero-order valence-corrected chi connectivity index (χ0v) is 11.3. The maximum absolute atomic E-state index is 12.5. The lowest BCUT2D eigenvalue weighted by atomic mass is 10.0. The highest BCUT2D eigenvalue weighted by molar-refractivity contribution is 5.96. The van der Waals surface area contributed by atoms with Gasteiger partial charge in [-0.3, -0.25) is 9.78 Å². The molecular weight excluding hydrogens is 256 g/mol. The lowest BCUT2D eigenvalue weighted by Crippen LogP contribution is -2.43. The molecule has 20 heavy (non-hydrogen) atoms. The number of carbonyl (C=O) groups excluding carboxylic acids is 1. The molecule has 1 amide bonds. The standard InChI is InChI=1S/C15H18N2O3/c1-11(10-18)15(20)17(13-3-2-8-16-9-13)12-4-6-14(19)7-5-12/h2-9,11-12,14,18-19H,10H2,1H3. The maximum atomic E-state index is 12.5. The zero-order chi connectivity index (χ0) is 14.5. The molecule has 1 unspecified atom stereocenters. The van der Waals surface area contributed by atoms with Crippen molar-refractivity contribution in [1.82, 2.24) is 4.98 Å². The first-order valence-corrected chi connectivity index (χ1v) is 6.52. The first-order valence-electron chi connectivity index (χ1n) is 6.52. The van der Waals surface area contributed by atoms with Crippen LogP contribution >= 0.6 is 0 Å². The van der Waals surface area contributed by atoms with Crippen molar-refractivity contribution in [3.05, 3.63) is 48.8 Å². The van der Waals surface area contributed by atoms with Crippen LogP contribution in [-0.4, -0.2) is 39.9 Å². The van der Waals surface area contributed by atoms with Crippen LogP contribution in [0.4, 0.5) is 5.69 Å². The summed E-state index contributed by atoms with van der Waals surface area (Å²) in [5.41, 5.74) is 0.661. The fourth-order valence-electron chi connectivity index (χ4n) is 2.01. The van der Waals surface area contributed by atoms with E-state index in [4.69, 9.17) is 0 Å². The highest BCUT2D eigenvalue weighted by atomic mass is 16.3. The molecule has 1 heterocycles. The monoisotopic (exact) mass is 274 g/mol. The Bertz CT molecular complexity index is 499. The summed E-state index contributed by atoms with van der Waals surface area (Å²) in [4.78, 5) is 18.1. The van der Waals surface area contributed by atoms with Crippen molar-refractivity contribution in [3.63, 3.8) is 0 Å². The van der Waals surface area contributed by atoms with Gasteiger partial charge in [-0.15, -0.1) is 0 Å². The number of carbonyl (C=O) groups is 1. The SMILES string of the molecule is CC(CO)C(=O)N(c1cccnc1)C1C=CC(O)C=C1. The first kappa shape index (κ1) is 14.4. The zero-order valence-electron chi connectivity index (χ0n) is 11.3. The Labute approximate surface area is 117 Å². The van der Waals surface area contributed by atoms with E-state index >= 15 is 0 Å². The summed E-state index contributed by atoms with van der Waals surface area (Å²) in [5.74, 6) is -0.681. The highest BCUT2D eigenvalue weighted by Gasteiger charge is 2.27. The van der Waals surface area contributed by atoms with Crippen molar-refractivity contribution in [2.24, 2.45) is 5.92 Å². The molecule has 2 rings (SSSR count). The smallest absolute Gasteiger partial charge is 0.232 e. The number of aromatic nitrogens is 1. The Morgan fingerprint density at radius 3 is 2.65 bits per heavy atom. The molecule has 0 bridgehead atoms. The number of hydrogen-bond donors (Lipinski definition) is 2. The summed E-state index contributed by atoms with van der Waals surface area (Å²) >= 11 is 0. The molecule has 0 radical (unpaired) electrons. The highest BCUT2D eigenvalue weighted by Crippen LogP contribution is 2.22. The second kappa shape index (κ2) is 6.45. The number of nitrogens with zero attached hydrogens (tertiary/aromatic N) is 2. The Balaban J connectivity index is 2.32. The molecule has 0 aromatic carbocycles. The van der Waals surface area contributed by atoms with Gasteiger partial charge >= 0.3 is 0 Å². The molecule has 0 aliphatic heterocycles. The molecular formula is C15H18N2O3. The molecule has 1 aromatic rings. The maximum Gasteiger partial charge on any atom is 0.232 e. The van der Waals surface area contributed by atoms with Gasteiger partial charge in [-0.05, 0) is 12.1 Å². The molecule has 0 fully saturated rings. The Kier molecular flexibility index (Phi) is 4.65. The van der Waals surface area contributed by atoms with E-state index < -0.39 is 12.0 Å². The molecule has 1 aliphatic carbocycles. The molecule has 5 nitrogen and oxygen atoms in total. The minimum Gasteiger partial charge on any atom is -0.396 e. The number of amides is 1. The van der Waals surface area contributed by atoms with E-state index in [1.54, 1.807) is 60.7 Å². The Hall–Kier alpha value is -1.98. The second-order valence-corrected chi connectivity index (χ2v) is 4.75. The van der Waals surface area contributed by atoms with E-state index in [0.29, 0.717) is 5.69 Å². The van der Waals surface area contributed by atoms with Gasteiger partial charge < -0.3 is 15.1 Å². The fourth-order valence-corrected chi connectivity index (χ4v) is 2.01. The van der Waals surface area contributed by atoms with Crippen LogP contribution in [0.15, 0.2) is 48.8 Å². The fraction of sp³-hybridized carbons (Fsp3) is 0.333. The third-order valence-electron chi connectivity index (χ3n) is 3.17. The molecule has 0 saturated carbocycles. The largest absolute Gasteiger partial charge is 0.396 e. The van der Waals surface area contributed by atoms with Crippen LogP contribution in [0.1, 0.15) is 6.92 Å². The molecule has 106 valence electrons. The summed E-state index contributed by atoms with van der Waals surface area (Å²) in [6, 6.07) is 3.26. The number of aliphatic hydroxyl groups excluding tert-OH is 2. The Morgan fingerprint density at radius 2 is 2.10 bits per heavy atom. The number of hydrogen-bond acceptors (Lipinski definition) is 4. The van der Waals surface area contributed by atoms with Crippen LogP contribution in [0.25, 0.3) is 0 Å². The van der Waals surface area contributed by atoms with Crippen molar-refractivity contribution < 1.29 is 15.0 Å². The average molecular weight is 274 g/mol. The van der Waals surface area contributed by atoms with Crippen LogP contribution in [0.3, 0.4) is 0 Å². The Morgan fingerprint density at radius 1 is 1.40 bits per heavy atom. The quantitative estimate of drug-likeness (QED) is 0.800. The molecule has 2 N–H and O–H groups in total. The van der Waals surface area contributed by atoms with Gasteiger partial charge in [-0.1, -0.05) is 31.2 Å². The second-order valence-electron chi connectivity index (χ2n) is 4.75. The average Bonchev–Trinajstić information content (AvgIpc) is 2.49. The molecule has 5 heteroatoms. The summed E-state index contributed by atoms with van der Waals surface area (Å²) < 4.78 is 0. The predicted molar refractivity (Wildman–Crippen MR) is 76.0 cm³/mol. The summed E-state index contributed by atoms with van der Waals surface area (Å²) in [5, 5.41) is 18.6. The third kappa shape index (κ3) is 3.12. The van der Waals surface area contributed by atoms with Gasteiger partial charge in [0.25, 0.3) is 0 Å². The summed E-state index contributed by atoms with van der Waals surface area (Å²) in [7, 11) is 0. The van der Waals surface area contributed by atoms with Gasteiger partial charge in [0.2, 0.25) is 5.91 Å². The van der Waals surface area contributed by atoms with Crippen molar-refractivity contribution in [2.45, 2.75) is 19.1 Å². The van der Waals surface area contributed by atoms with E-state index in [-0.39, 0.29) is 18.6 Å². The van der Waals surface area contributed by atoms with Crippen molar-refractivity contribution in [3.8, 4) is 0 Å². The lowest BCUT2D eigenvalue weighted by Gasteiger charge is -2.31. The van der Waals surface area contributed by atoms with Crippen LogP contribution in [0.2, 0.25) is 0 Å². The number of aliphatic hydroxyl groups is 2. The minimum absolute atomic E-state index is 0.184. The molecule has 1 atom stereocenters. The van der Waals surface area contributed by atoms with Gasteiger partial charge in [-0.2, -0.15) is 0 Å². The van der Waals surface area contributed by atoms with Gasteiger partial charge in [0.1, 0.15) is 0 Å². The van der Waals surface area contributed by atoms with Gasteiger partial charge in [-0.25, -0.2) is 0 Å². The first-order chi connectivity index (χ1) is 9.63. The van der Waals surface area contributed by atoms with Crippen LogP contribution < -0.4 is 4.90 Å². The summed E-state index contributed by atoms with van der Waals surface area (Å²) in [6.07, 6.45) is 9.41. The van der Waals surface area contributed by atoms with Crippen molar-refractivity contribution in [2.75, 3.05) is 11.5 Å². The van der Waals surface area contributed by atoms with E-state index in [9.17, 15) is 15.0 Å². The van der Waals surface area contributed by atoms with Crippen LogP contribution in [-0.2, 0) is 4.79 Å². The molecule has 0 spiro atoms. The molecule has 0 saturated heterocycles. The molecule has 1 aromatic heterocycles. The van der Waals surface area contributed by atoms with E-state index in [1.165, 1.54) is 0 Å². The van der Waals surface area contributed by atoms with Gasteiger partial charge in [0.05, 0.1) is 36.6 Å². The number of rotatable bonds is 4. The van der Waals surface area contributed by atoms with E-state index in [2.05, 4.69) is 4.98 Å². The van der Waals surface area contributed by atoms with Gasteiger partial charge in [0.15, 0.2) is 0 Å². The van der Waals surface area contributed by atoms with E-state index in [0.717, 1.165) is 0 Å². The van der Waals surface area contributed by atoms with Crippen molar-refractivity contribution in [1.29, 1.82) is 0 Å². The number of pyridine rings is 1. The predicted octanol–water partition coefficient (Wildman–Crippen LogP) is 0.899. The number of anilines is 1. The third-order valence-corrected chi connectivity index (χ3v) is 3.17.